The van der Waals surface area contributed by atoms with Crippen molar-refractivity contribution < 1.29 is 19.4 Å². The number of benzene rings is 1. The third-order valence-corrected chi connectivity index (χ3v) is 4.64. The number of aromatic amines is 1. The number of amides is 1. The molecule has 1 saturated heterocycles. The minimum atomic E-state index is -0.613. The number of aryl methyl sites for hydroxylation is 1. The van der Waals surface area contributed by atoms with Crippen molar-refractivity contribution in [2.24, 2.45) is 5.92 Å². The molecule has 0 aliphatic carbocycles. The van der Waals surface area contributed by atoms with E-state index < -0.39 is 6.10 Å². The van der Waals surface area contributed by atoms with Gasteiger partial charge in [0, 0.05) is 43.1 Å². The topological polar surface area (TPSA) is 83.6 Å². The summed E-state index contributed by atoms with van der Waals surface area (Å²) in [6.07, 6.45) is 2.11. The number of nitrogens with one attached hydrogen (secondary N) is 2. The Balaban J connectivity index is 1.47. The van der Waals surface area contributed by atoms with Crippen LogP contribution in [0.5, 0.6) is 0 Å². The van der Waals surface area contributed by atoms with Crippen LogP contribution in [0.4, 0.5) is 0 Å². The highest BCUT2D eigenvalue weighted by molar-refractivity contribution is 5.84. The highest BCUT2D eigenvalue weighted by Gasteiger charge is 2.32. The number of aliphatic hydroxyl groups is 1. The zero-order valence-electron chi connectivity index (χ0n) is 13.8. The summed E-state index contributed by atoms with van der Waals surface area (Å²) in [5.41, 5.74) is 2.22. The van der Waals surface area contributed by atoms with E-state index in [1.807, 2.05) is 24.4 Å². The number of ether oxygens (including phenoxy) is 2. The van der Waals surface area contributed by atoms with Crippen LogP contribution < -0.4 is 5.32 Å². The lowest BCUT2D eigenvalue weighted by Gasteiger charge is -2.33. The molecule has 0 saturated carbocycles. The molecule has 1 aromatic carbocycles. The molecule has 1 aromatic heterocycles. The fourth-order valence-electron chi connectivity index (χ4n) is 3.14. The van der Waals surface area contributed by atoms with Crippen molar-refractivity contribution in [2.75, 3.05) is 26.9 Å². The van der Waals surface area contributed by atoms with Gasteiger partial charge in [-0.05, 0) is 18.1 Å². The van der Waals surface area contributed by atoms with Crippen molar-refractivity contribution >= 4 is 16.8 Å². The molecule has 0 spiro atoms. The van der Waals surface area contributed by atoms with Gasteiger partial charge in [0.1, 0.15) is 6.10 Å². The number of methoxy groups -OCH3 is 1. The number of fused-ring (bicyclic) bond motifs is 1. The average Bonchev–Trinajstić information content (AvgIpc) is 3.02. The van der Waals surface area contributed by atoms with Gasteiger partial charge in [-0.1, -0.05) is 18.2 Å². The third-order valence-electron chi connectivity index (χ3n) is 4.64. The van der Waals surface area contributed by atoms with Gasteiger partial charge < -0.3 is 24.9 Å². The lowest BCUT2D eigenvalue weighted by molar-refractivity contribution is -0.136. The summed E-state index contributed by atoms with van der Waals surface area (Å²) >= 11 is 0. The fourth-order valence-corrected chi connectivity index (χ4v) is 3.14. The van der Waals surface area contributed by atoms with Gasteiger partial charge in [-0.3, -0.25) is 4.79 Å². The van der Waals surface area contributed by atoms with Crippen LogP contribution in [-0.2, 0) is 20.7 Å². The van der Waals surface area contributed by atoms with E-state index in [2.05, 4.69) is 16.4 Å². The second-order valence-electron chi connectivity index (χ2n) is 6.23. The maximum Gasteiger partial charge on any atom is 0.220 e. The van der Waals surface area contributed by atoms with Gasteiger partial charge >= 0.3 is 0 Å². The molecule has 24 heavy (non-hydrogen) atoms. The molecule has 6 heteroatoms. The Hall–Kier alpha value is -1.89. The minimum absolute atomic E-state index is 0.0213. The SMILES string of the molecule is CO[C@@H]1COC[C@@H](CNC(=O)CCc2c[nH]c3ccccc23)[C@@H]1O. The summed E-state index contributed by atoms with van der Waals surface area (Å²) < 4.78 is 10.6. The summed E-state index contributed by atoms with van der Waals surface area (Å²) in [7, 11) is 1.55. The van der Waals surface area contributed by atoms with E-state index >= 15 is 0 Å². The zero-order valence-corrected chi connectivity index (χ0v) is 13.8. The van der Waals surface area contributed by atoms with Gasteiger partial charge in [0.15, 0.2) is 0 Å². The Labute approximate surface area is 141 Å². The molecule has 1 aliphatic heterocycles. The van der Waals surface area contributed by atoms with Gasteiger partial charge in [0.2, 0.25) is 5.91 Å². The minimum Gasteiger partial charge on any atom is -0.390 e. The second kappa shape index (κ2) is 7.79. The molecule has 130 valence electrons. The molecule has 6 nitrogen and oxygen atoms in total. The van der Waals surface area contributed by atoms with Crippen molar-refractivity contribution in [3.63, 3.8) is 0 Å². The van der Waals surface area contributed by atoms with Gasteiger partial charge in [-0.15, -0.1) is 0 Å². The number of para-hydroxylation sites is 1. The zero-order chi connectivity index (χ0) is 16.9. The molecule has 3 rings (SSSR count). The second-order valence-corrected chi connectivity index (χ2v) is 6.23. The maximum absolute atomic E-state index is 12.1. The summed E-state index contributed by atoms with van der Waals surface area (Å²) in [6, 6.07) is 8.06. The molecular formula is C18H24N2O4. The molecule has 2 aromatic rings. The lowest BCUT2D eigenvalue weighted by atomic mass is 9.96. The largest absolute Gasteiger partial charge is 0.390 e. The molecule has 3 atom stereocenters. The van der Waals surface area contributed by atoms with E-state index in [1.54, 1.807) is 7.11 Å². The van der Waals surface area contributed by atoms with Crippen LogP contribution in [0.3, 0.4) is 0 Å². The molecule has 0 radical (unpaired) electrons. The fraction of sp³-hybridized carbons (Fsp3) is 0.500. The van der Waals surface area contributed by atoms with Gasteiger partial charge in [-0.25, -0.2) is 0 Å². The third kappa shape index (κ3) is 3.77. The van der Waals surface area contributed by atoms with E-state index in [9.17, 15) is 9.90 Å². The number of H-pyrrole nitrogens is 1. The molecule has 3 N–H and O–H groups in total. The van der Waals surface area contributed by atoms with Crippen LogP contribution in [0.1, 0.15) is 12.0 Å². The number of aromatic nitrogens is 1. The first-order valence-corrected chi connectivity index (χ1v) is 8.29. The first kappa shape index (κ1) is 17.0. The van der Waals surface area contributed by atoms with E-state index in [4.69, 9.17) is 9.47 Å². The van der Waals surface area contributed by atoms with Crippen LogP contribution in [0.2, 0.25) is 0 Å². The predicted molar refractivity (Wildman–Crippen MR) is 90.7 cm³/mol. The van der Waals surface area contributed by atoms with E-state index in [0.717, 1.165) is 16.5 Å². The Morgan fingerprint density at radius 3 is 3.08 bits per heavy atom. The van der Waals surface area contributed by atoms with Crippen LogP contribution in [0.15, 0.2) is 30.5 Å². The molecule has 2 heterocycles. The Kier molecular flexibility index (Phi) is 5.50. The Bertz CT molecular complexity index is 684. The number of carbonyl (C=O) groups excluding carboxylic acids is 1. The molecule has 1 fully saturated rings. The summed E-state index contributed by atoms with van der Waals surface area (Å²) in [5.74, 6) is -0.159. The maximum atomic E-state index is 12.1. The van der Waals surface area contributed by atoms with Crippen molar-refractivity contribution in [2.45, 2.75) is 25.0 Å². The molecule has 1 aliphatic rings. The monoisotopic (exact) mass is 332 g/mol. The number of aliphatic hydroxyl groups excluding tert-OH is 1. The number of hydrogen-bond donors (Lipinski definition) is 3. The van der Waals surface area contributed by atoms with E-state index in [0.29, 0.717) is 32.6 Å². The normalized spacial score (nSPS) is 24.2. The predicted octanol–water partition coefficient (Wildman–Crippen LogP) is 1.24. The first-order valence-electron chi connectivity index (χ1n) is 8.29. The highest BCUT2D eigenvalue weighted by atomic mass is 16.5. The molecule has 1 amide bonds. The number of hydrogen-bond acceptors (Lipinski definition) is 4. The quantitative estimate of drug-likeness (QED) is 0.743. The van der Waals surface area contributed by atoms with Crippen LogP contribution >= 0.6 is 0 Å². The van der Waals surface area contributed by atoms with Crippen molar-refractivity contribution in [3.8, 4) is 0 Å². The standard InChI is InChI=1S/C18H24N2O4/c1-23-16-11-24-10-13(18(16)22)9-20-17(21)7-6-12-8-19-15-5-3-2-4-14(12)15/h2-5,8,13,16,18-19,22H,6-7,9-11H2,1H3,(H,20,21)/t13-,16-,18+/m1/s1. The summed E-state index contributed by atoms with van der Waals surface area (Å²) in [5, 5.41) is 14.2. The Morgan fingerprint density at radius 2 is 2.25 bits per heavy atom. The molecule has 0 unspecified atom stereocenters. The Morgan fingerprint density at radius 1 is 1.42 bits per heavy atom. The van der Waals surface area contributed by atoms with Gasteiger partial charge in [0.05, 0.1) is 19.3 Å². The van der Waals surface area contributed by atoms with E-state index in [1.165, 1.54) is 0 Å². The van der Waals surface area contributed by atoms with Crippen molar-refractivity contribution in [3.05, 3.63) is 36.0 Å². The van der Waals surface area contributed by atoms with Gasteiger partial charge in [0.25, 0.3) is 0 Å². The summed E-state index contributed by atoms with van der Waals surface area (Å²) in [6.45, 7) is 1.22. The number of carbonyl (C=O) groups is 1. The van der Waals surface area contributed by atoms with Crippen LogP contribution in [-0.4, -0.2) is 55.1 Å². The summed E-state index contributed by atoms with van der Waals surface area (Å²) in [4.78, 5) is 15.3. The molecule has 0 bridgehead atoms. The smallest absolute Gasteiger partial charge is 0.220 e. The molecular weight excluding hydrogens is 308 g/mol. The van der Waals surface area contributed by atoms with Gasteiger partial charge in [-0.2, -0.15) is 0 Å². The first-order chi connectivity index (χ1) is 11.7. The van der Waals surface area contributed by atoms with Crippen molar-refractivity contribution in [1.29, 1.82) is 0 Å². The lowest BCUT2D eigenvalue weighted by Crippen LogP contribution is -2.49. The van der Waals surface area contributed by atoms with Crippen molar-refractivity contribution in [1.82, 2.24) is 10.3 Å². The highest BCUT2D eigenvalue weighted by Crippen LogP contribution is 2.19. The average molecular weight is 332 g/mol. The van der Waals surface area contributed by atoms with Crippen LogP contribution in [0, 0.1) is 5.92 Å². The van der Waals surface area contributed by atoms with E-state index in [-0.39, 0.29) is 17.9 Å². The van der Waals surface area contributed by atoms with Crippen LogP contribution in [0.25, 0.3) is 10.9 Å². The number of rotatable bonds is 6.